The van der Waals surface area contributed by atoms with E-state index in [2.05, 4.69) is 15.6 Å². The predicted octanol–water partition coefficient (Wildman–Crippen LogP) is 4.45. The van der Waals surface area contributed by atoms with E-state index in [4.69, 9.17) is 9.47 Å². The van der Waals surface area contributed by atoms with Crippen molar-refractivity contribution in [3.63, 3.8) is 0 Å². The van der Waals surface area contributed by atoms with Gasteiger partial charge in [-0.2, -0.15) is 0 Å². The summed E-state index contributed by atoms with van der Waals surface area (Å²) in [5.41, 5.74) is 3.72. The Bertz CT molecular complexity index is 954. The fourth-order valence-electron chi connectivity index (χ4n) is 2.68. The van der Waals surface area contributed by atoms with Crippen LogP contribution in [0.4, 0.5) is 11.5 Å². The zero-order chi connectivity index (χ0) is 20.6. The Morgan fingerprint density at radius 3 is 2.38 bits per heavy atom. The number of rotatable bonds is 8. The molecule has 0 aliphatic heterocycles. The van der Waals surface area contributed by atoms with E-state index in [1.165, 1.54) is 0 Å². The summed E-state index contributed by atoms with van der Waals surface area (Å²) in [6.07, 6.45) is 1.68. The Morgan fingerprint density at radius 2 is 1.72 bits per heavy atom. The quantitative estimate of drug-likeness (QED) is 0.555. The molecule has 1 heterocycles. The van der Waals surface area contributed by atoms with E-state index >= 15 is 0 Å². The zero-order valence-electron chi connectivity index (χ0n) is 16.9. The number of carbonyl (C=O) groups excluding carboxylic acids is 1. The summed E-state index contributed by atoms with van der Waals surface area (Å²) in [7, 11) is 1.63. The Morgan fingerprint density at radius 1 is 0.966 bits per heavy atom. The fraction of sp³-hybridized carbons (Fsp3) is 0.217. The molecule has 0 saturated heterocycles. The van der Waals surface area contributed by atoms with Crippen LogP contribution >= 0.6 is 0 Å². The van der Waals surface area contributed by atoms with Gasteiger partial charge < -0.3 is 20.1 Å². The molecule has 0 aliphatic rings. The lowest BCUT2D eigenvalue weighted by Crippen LogP contribution is -2.14. The lowest BCUT2D eigenvalue weighted by Gasteiger charge is -2.10. The first-order chi connectivity index (χ1) is 14.0. The Hall–Kier alpha value is -3.54. The Balaban J connectivity index is 1.45. The molecule has 0 aliphatic carbocycles. The minimum Gasteiger partial charge on any atom is -0.497 e. The third-order valence-corrected chi connectivity index (χ3v) is 4.53. The predicted molar refractivity (Wildman–Crippen MR) is 115 cm³/mol. The van der Waals surface area contributed by atoms with Crippen LogP contribution in [0.25, 0.3) is 0 Å². The number of aromatic nitrogens is 1. The van der Waals surface area contributed by atoms with E-state index < -0.39 is 0 Å². The number of ether oxygens (including phenoxy) is 2. The highest BCUT2D eigenvalue weighted by atomic mass is 16.5. The zero-order valence-corrected chi connectivity index (χ0v) is 16.9. The van der Waals surface area contributed by atoms with Crippen LogP contribution in [0.3, 0.4) is 0 Å². The molecular formula is C23H25N3O3. The highest BCUT2D eigenvalue weighted by molar-refractivity contribution is 6.03. The van der Waals surface area contributed by atoms with Crippen LogP contribution in [0.2, 0.25) is 0 Å². The summed E-state index contributed by atoms with van der Waals surface area (Å²) < 4.78 is 10.8. The molecule has 2 aromatic carbocycles. The second-order valence-electron chi connectivity index (χ2n) is 6.64. The molecule has 150 valence electrons. The van der Waals surface area contributed by atoms with E-state index in [0.717, 1.165) is 28.3 Å². The van der Waals surface area contributed by atoms with E-state index in [1.54, 1.807) is 19.4 Å². The van der Waals surface area contributed by atoms with Crippen molar-refractivity contribution in [1.29, 1.82) is 0 Å². The van der Waals surface area contributed by atoms with Gasteiger partial charge in [0, 0.05) is 12.1 Å². The van der Waals surface area contributed by atoms with Gasteiger partial charge in [-0.05, 0) is 73.5 Å². The van der Waals surface area contributed by atoms with Crippen LogP contribution in [0.5, 0.6) is 11.5 Å². The van der Waals surface area contributed by atoms with E-state index in [9.17, 15) is 4.79 Å². The molecule has 0 atom stereocenters. The number of benzene rings is 2. The second-order valence-corrected chi connectivity index (χ2v) is 6.64. The van der Waals surface area contributed by atoms with Crippen LogP contribution in [-0.4, -0.2) is 31.2 Å². The summed E-state index contributed by atoms with van der Waals surface area (Å²) in [5.74, 6) is 1.92. The summed E-state index contributed by atoms with van der Waals surface area (Å²) >= 11 is 0. The molecule has 0 bridgehead atoms. The molecule has 1 aromatic heterocycles. The van der Waals surface area contributed by atoms with Gasteiger partial charge in [-0.25, -0.2) is 4.98 Å². The van der Waals surface area contributed by atoms with Crippen molar-refractivity contribution in [2.75, 3.05) is 30.9 Å². The summed E-state index contributed by atoms with van der Waals surface area (Å²) in [6.45, 7) is 5.15. The van der Waals surface area contributed by atoms with Gasteiger partial charge in [0.2, 0.25) is 0 Å². The van der Waals surface area contributed by atoms with Crippen molar-refractivity contribution in [1.82, 2.24) is 4.98 Å². The maximum atomic E-state index is 12.4. The Kier molecular flexibility index (Phi) is 6.68. The summed E-state index contributed by atoms with van der Waals surface area (Å²) in [4.78, 5) is 16.6. The fourth-order valence-corrected chi connectivity index (χ4v) is 2.68. The van der Waals surface area contributed by atoms with Crippen LogP contribution < -0.4 is 20.1 Å². The molecular weight excluding hydrogens is 366 g/mol. The number of anilines is 2. The third-order valence-electron chi connectivity index (χ3n) is 4.53. The molecule has 0 unspecified atom stereocenters. The van der Waals surface area contributed by atoms with Gasteiger partial charge in [-0.3, -0.25) is 4.79 Å². The Labute approximate surface area is 170 Å². The normalized spacial score (nSPS) is 10.3. The van der Waals surface area contributed by atoms with Gasteiger partial charge in [0.15, 0.2) is 0 Å². The van der Waals surface area contributed by atoms with Crippen molar-refractivity contribution in [2.24, 2.45) is 0 Å². The number of hydrogen-bond donors (Lipinski definition) is 2. The molecule has 3 rings (SSSR count). The van der Waals surface area contributed by atoms with Crippen molar-refractivity contribution in [3.05, 3.63) is 77.5 Å². The van der Waals surface area contributed by atoms with Crippen LogP contribution in [0.1, 0.15) is 21.5 Å². The van der Waals surface area contributed by atoms with Crippen molar-refractivity contribution < 1.29 is 14.3 Å². The summed E-state index contributed by atoms with van der Waals surface area (Å²) in [5, 5.41) is 6.06. The first kappa shape index (κ1) is 20.2. The average Bonchev–Trinajstić information content (AvgIpc) is 2.74. The number of nitrogens with one attached hydrogen (secondary N) is 2. The highest BCUT2D eigenvalue weighted by Crippen LogP contribution is 2.17. The third kappa shape index (κ3) is 5.72. The highest BCUT2D eigenvalue weighted by Gasteiger charge is 2.08. The molecule has 0 spiro atoms. The van der Waals surface area contributed by atoms with Gasteiger partial charge in [0.1, 0.15) is 23.9 Å². The molecule has 29 heavy (non-hydrogen) atoms. The molecule has 2 N–H and O–H groups in total. The molecule has 3 aromatic rings. The van der Waals surface area contributed by atoms with Crippen LogP contribution in [0.15, 0.2) is 60.8 Å². The number of methoxy groups -OCH3 is 1. The second kappa shape index (κ2) is 9.59. The number of pyridine rings is 1. The van der Waals surface area contributed by atoms with Crippen LogP contribution in [0, 0.1) is 13.8 Å². The average molecular weight is 391 g/mol. The van der Waals surface area contributed by atoms with Gasteiger partial charge >= 0.3 is 0 Å². The molecule has 6 heteroatoms. The number of hydrogen-bond acceptors (Lipinski definition) is 5. The van der Waals surface area contributed by atoms with Crippen molar-refractivity contribution >= 4 is 17.4 Å². The number of nitrogens with zero attached hydrogens (tertiary/aromatic N) is 1. The van der Waals surface area contributed by atoms with E-state index in [-0.39, 0.29) is 5.91 Å². The number of amides is 1. The maximum absolute atomic E-state index is 12.4. The van der Waals surface area contributed by atoms with Gasteiger partial charge in [0.25, 0.3) is 5.91 Å². The molecule has 6 nitrogen and oxygen atoms in total. The topological polar surface area (TPSA) is 72.5 Å². The largest absolute Gasteiger partial charge is 0.497 e. The molecule has 0 saturated carbocycles. The SMILES string of the molecule is COc1ccc(OCCNc2ccc(NC(=O)c3ccc(C)c(C)c3)nc2)cc1. The smallest absolute Gasteiger partial charge is 0.256 e. The van der Waals surface area contributed by atoms with E-state index in [1.807, 2.05) is 62.4 Å². The first-order valence-electron chi connectivity index (χ1n) is 9.40. The molecule has 0 radical (unpaired) electrons. The van der Waals surface area contributed by atoms with Crippen molar-refractivity contribution in [3.8, 4) is 11.5 Å². The van der Waals surface area contributed by atoms with Gasteiger partial charge in [0.05, 0.1) is 19.0 Å². The number of carbonyl (C=O) groups is 1. The molecule has 0 fully saturated rings. The summed E-state index contributed by atoms with van der Waals surface area (Å²) in [6, 6.07) is 16.7. The maximum Gasteiger partial charge on any atom is 0.256 e. The first-order valence-corrected chi connectivity index (χ1v) is 9.40. The lowest BCUT2D eigenvalue weighted by molar-refractivity contribution is 0.102. The molecule has 1 amide bonds. The van der Waals surface area contributed by atoms with Gasteiger partial charge in [-0.1, -0.05) is 6.07 Å². The van der Waals surface area contributed by atoms with E-state index in [0.29, 0.717) is 24.5 Å². The van der Waals surface area contributed by atoms with Gasteiger partial charge in [-0.15, -0.1) is 0 Å². The van der Waals surface area contributed by atoms with Crippen molar-refractivity contribution in [2.45, 2.75) is 13.8 Å². The number of aryl methyl sites for hydroxylation is 2. The lowest BCUT2D eigenvalue weighted by atomic mass is 10.1. The standard InChI is InChI=1S/C23H25N3O3/c1-16-4-5-18(14-17(16)2)23(27)26-22-11-6-19(15-25-22)24-12-13-29-21-9-7-20(28-3)8-10-21/h4-11,14-15,24H,12-13H2,1-3H3,(H,25,26,27). The monoisotopic (exact) mass is 391 g/mol. The minimum atomic E-state index is -0.172. The minimum absolute atomic E-state index is 0.172. The van der Waals surface area contributed by atoms with Crippen LogP contribution in [-0.2, 0) is 0 Å².